The van der Waals surface area contributed by atoms with Gasteiger partial charge < -0.3 is 14.9 Å². The van der Waals surface area contributed by atoms with Crippen molar-refractivity contribution in [2.45, 2.75) is 121 Å². The molecular formula is C34H50N4O2. The van der Waals surface area contributed by atoms with E-state index < -0.39 is 5.97 Å². The number of carboxylic acids is 1. The van der Waals surface area contributed by atoms with E-state index in [1.807, 2.05) is 0 Å². The van der Waals surface area contributed by atoms with Crippen molar-refractivity contribution in [3.63, 3.8) is 0 Å². The van der Waals surface area contributed by atoms with Crippen molar-refractivity contribution < 1.29 is 9.90 Å². The molecule has 6 atom stereocenters. The molecule has 218 valence electrons. The van der Waals surface area contributed by atoms with E-state index in [9.17, 15) is 9.90 Å². The molecule has 0 radical (unpaired) electrons. The number of fused-ring (bicyclic) bond motifs is 5. The number of likely N-dealkylation sites (N-methyl/N-ethyl adjacent to an activating group) is 1. The van der Waals surface area contributed by atoms with Gasteiger partial charge in [0.2, 0.25) is 0 Å². The topological polar surface area (TPSA) is 50.3 Å². The summed E-state index contributed by atoms with van der Waals surface area (Å²) in [4.78, 5) is 22.6. The Morgan fingerprint density at radius 3 is 2.20 bits per heavy atom. The van der Waals surface area contributed by atoms with Crippen molar-refractivity contribution in [1.29, 1.82) is 0 Å². The van der Waals surface area contributed by atoms with Crippen molar-refractivity contribution in [2.24, 2.45) is 11.8 Å². The molecule has 4 heterocycles. The molecule has 0 aromatic heterocycles. The van der Waals surface area contributed by atoms with E-state index in [-0.39, 0.29) is 6.54 Å². The van der Waals surface area contributed by atoms with E-state index in [0.29, 0.717) is 18.1 Å². The van der Waals surface area contributed by atoms with Crippen LogP contribution in [0.1, 0.15) is 96.8 Å². The number of nitrogens with zero attached hydrogens (tertiary/aromatic N) is 4. The average Bonchev–Trinajstić information content (AvgIpc) is 3.17. The summed E-state index contributed by atoms with van der Waals surface area (Å²) >= 11 is 0. The second-order valence-corrected chi connectivity index (χ2v) is 13.9. The largest absolute Gasteiger partial charge is 0.480 e. The molecule has 4 aliphatic heterocycles. The quantitative estimate of drug-likeness (QED) is 0.457. The molecule has 5 fully saturated rings. The van der Waals surface area contributed by atoms with Crippen molar-refractivity contribution >= 4 is 17.3 Å². The summed E-state index contributed by atoms with van der Waals surface area (Å²) in [5.74, 6) is 2.39. The molecule has 2 saturated carbocycles. The summed E-state index contributed by atoms with van der Waals surface area (Å²) in [5.41, 5.74) is 3.76. The van der Waals surface area contributed by atoms with Crippen LogP contribution in [0.25, 0.3) is 0 Å². The standard InChI is InChI=1S/C34H50N4O2/c1-2-35-16-8-11-26(22-35)34-36(23-33(39)40)31-14-5-6-15-32(31)38(34)30-20-27-12-7-13-28(21-30)37(27)29-18-24-9-3-4-10-25(17-24)19-29/h5-6,14-15,24-25,27-30H,2-4,7-13,16-23H2,1H3,(H,39,40)/b34-26+/t24-,25+,27-,28+,29?,30?. The number of aliphatic carboxylic acids is 1. The molecule has 1 aromatic carbocycles. The van der Waals surface area contributed by atoms with Gasteiger partial charge in [0.05, 0.1) is 11.4 Å². The minimum absolute atomic E-state index is 0.0367. The van der Waals surface area contributed by atoms with Crippen LogP contribution in [0.15, 0.2) is 35.7 Å². The number of para-hydroxylation sites is 2. The van der Waals surface area contributed by atoms with E-state index in [1.165, 1.54) is 94.1 Å². The Morgan fingerprint density at radius 1 is 0.825 bits per heavy atom. The molecule has 4 bridgehead atoms. The molecule has 3 saturated heterocycles. The number of piperidine rings is 3. The van der Waals surface area contributed by atoms with Gasteiger partial charge in [-0.1, -0.05) is 51.2 Å². The van der Waals surface area contributed by atoms with Crippen LogP contribution < -0.4 is 9.80 Å². The van der Waals surface area contributed by atoms with Gasteiger partial charge in [-0.2, -0.15) is 0 Å². The third kappa shape index (κ3) is 4.98. The van der Waals surface area contributed by atoms with E-state index in [1.54, 1.807) is 0 Å². The van der Waals surface area contributed by atoms with Crippen LogP contribution in [0.5, 0.6) is 0 Å². The highest BCUT2D eigenvalue weighted by atomic mass is 16.4. The number of carbonyl (C=O) groups is 1. The van der Waals surface area contributed by atoms with Gasteiger partial charge >= 0.3 is 5.97 Å². The maximum Gasteiger partial charge on any atom is 0.323 e. The minimum Gasteiger partial charge on any atom is -0.480 e. The van der Waals surface area contributed by atoms with Crippen molar-refractivity contribution in [3.8, 4) is 0 Å². The lowest BCUT2D eigenvalue weighted by atomic mass is 9.73. The number of benzene rings is 1. The SMILES string of the molecule is CCN1CCC/C(=C2/N(CC(=O)O)c3ccccc3N2C2C[C@H]3CCC[C@@H](C2)N3C2C[C@H]3CCCC[C@@H](C2)C3)C1. The summed E-state index contributed by atoms with van der Waals surface area (Å²) in [6.07, 6.45) is 18.9. The summed E-state index contributed by atoms with van der Waals surface area (Å²) in [5, 5.41) is 10.0. The van der Waals surface area contributed by atoms with Gasteiger partial charge in [-0.25, -0.2) is 0 Å². The highest BCUT2D eigenvalue weighted by molar-refractivity contribution is 5.88. The number of hydrogen-bond acceptors (Lipinski definition) is 5. The third-order valence-corrected chi connectivity index (χ3v) is 11.5. The Morgan fingerprint density at radius 2 is 1.52 bits per heavy atom. The third-order valence-electron chi connectivity index (χ3n) is 11.5. The van der Waals surface area contributed by atoms with Gasteiger partial charge in [-0.3, -0.25) is 14.6 Å². The highest BCUT2D eigenvalue weighted by Crippen LogP contribution is 2.50. The summed E-state index contributed by atoms with van der Waals surface area (Å²) < 4.78 is 0. The fourth-order valence-electron chi connectivity index (χ4n) is 9.98. The van der Waals surface area contributed by atoms with Crippen LogP contribution in [-0.2, 0) is 4.79 Å². The Hall–Kier alpha value is -2.05. The molecule has 7 rings (SSSR count). The number of hydrogen-bond donors (Lipinski definition) is 1. The van der Waals surface area contributed by atoms with Crippen LogP contribution in [0, 0.1) is 11.8 Å². The molecular weight excluding hydrogens is 496 g/mol. The maximum absolute atomic E-state index is 12.2. The second kappa shape index (κ2) is 11.3. The number of rotatable bonds is 5. The smallest absolute Gasteiger partial charge is 0.323 e. The van der Waals surface area contributed by atoms with Gasteiger partial charge in [0.1, 0.15) is 12.4 Å². The van der Waals surface area contributed by atoms with Crippen molar-refractivity contribution in [3.05, 3.63) is 35.7 Å². The molecule has 2 unspecified atom stereocenters. The molecule has 0 spiro atoms. The first-order valence-electron chi connectivity index (χ1n) is 16.7. The number of likely N-dealkylation sites (tertiary alicyclic amines) is 1. The minimum atomic E-state index is -0.747. The van der Waals surface area contributed by atoms with E-state index in [4.69, 9.17) is 0 Å². The van der Waals surface area contributed by atoms with Crippen LogP contribution in [0.3, 0.4) is 0 Å². The van der Waals surface area contributed by atoms with E-state index in [0.717, 1.165) is 56.0 Å². The Bertz CT molecular complexity index is 1090. The fraction of sp³-hybridized carbons (Fsp3) is 0.735. The van der Waals surface area contributed by atoms with Crippen molar-refractivity contribution in [1.82, 2.24) is 9.80 Å². The second-order valence-electron chi connectivity index (χ2n) is 13.9. The van der Waals surface area contributed by atoms with Crippen LogP contribution >= 0.6 is 0 Å². The first-order chi connectivity index (χ1) is 19.6. The normalized spacial score (nSPS) is 36.8. The van der Waals surface area contributed by atoms with Crippen LogP contribution in [0.4, 0.5) is 11.4 Å². The summed E-state index contributed by atoms with van der Waals surface area (Å²) in [7, 11) is 0. The predicted octanol–water partition coefficient (Wildman–Crippen LogP) is 6.47. The van der Waals surface area contributed by atoms with Gasteiger partial charge in [0, 0.05) is 30.7 Å². The molecule has 1 aromatic rings. The highest BCUT2D eigenvalue weighted by Gasteiger charge is 2.48. The van der Waals surface area contributed by atoms with Crippen molar-refractivity contribution in [2.75, 3.05) is 36.0 Å². The van der Waals surface area contributed by atoms with Crippen LogP contribution in [0.2, 0.25) is 0 Å². The number of carboxylic acid groups (broad SMARTS) is 1. The molecule has 0 amide bonds. The first kappa shape index (κ1) is 26.8. The lowest BCUT2D eigenvalue weighted by molar-refractivity contribution is -0.135. The van der Waals surface area contributed by atoms with Crippen LogP contribution in [-0.4, -0.2) is 71.2 Å². The summed E-state index contributed by atoms with van der Waals surface area (Å²) in [6.45, 7) is 5.44. The molecule has 2 aliphatic carbocycles. The first-order valence-corrected chi connectivity index (χ1v) is 16.7. The van der Waals surface area contributed by atoms with Gasteiger partial charge in [0.25, 0.3) is 0 Å². The predicted molar refractivity (Wildman–Crippen MR) is 162 cm³/mol. The zero-order valence-electron chi connectivity index (χ0n) is 24.6. The molecule has 6 heteroatoms. The fourth-order valence-corrected chi connectivity index (χ4v) is 9.98. The zero-order chi connectivity index (χ0) is 27.2. The Balaban J connectivity index is 1.22. The Kier molecular flexibility index (Phi) is 7.59. The molecule has 6 nitrogen and oxygen atoms in total. The molecule has 40 heavy (non-hydrogen) atoms. The lowest BCUT2D eigenvalue weighted by Crippen LogP contribution is -2.61. The zero-order valence-corrected chi connectivity index (χ0v) is 24.6. The van der Waals surface area contributed by atoms with Gasteiger partial charge in [-0.05, 0) is 100 Å². The van der Waals surface area contributed by atoms with E-state index >= 15 is 0 Å². The monoisotopic (exact) mass is 546 g/mol. The molecule has 6 aliphatic rings. The molecule has 1 N–H and O–H groups in total. The summed E-state index contributed by atoms with van der Waals surface area (Å²) in [6, 6.07) is 11.2. The average molecular weight is 547 g/mol. The van der Waals surface area contributed by atoms with Gasteiger partial charge in [-0.15, -0.1) is 0 Å². The van der Waals surface area contributed by atoms with Gasteiger partial charge in [0.15, 0.2) is 0 Å². The van der Waals surface area contributed by atoms with E-state index in [2.05, 4.69) is 50.8 Å². The maximum atomic E-state index is 12.2. The number of anilines is 2. The Labute approximate surface area is 241 Å². The lowest BCUT2D eigenvalue weighted by Gasteiger charge is -2.56.